The number of carbonyl (C=O) groups excluding carboxylic acids is 4. The fourth-order valence-electron chi connectivity index (χ4n) is 2.89. The predicted octanol–water partition coefficient (Wildman–Crippen LogP) is 3.22. The summed E-state index contributed by atoms with van der Waals surface area (Å²) < 4.78 is 5.22. The number of ketones is 2. The minimum atomic E-state index is -1.10. The van der Waals surface area contributed by atoms with Crippen LogP contribution in [0, 0.1) is 13.8 Å². The second kappa shape index (κ2) is 7.99. The zero-order valence-electron chi connectivity index (χ0n) is 15.9. The van der Waals surface area contributed by atoms with Gasteiger partial charge >= 0.3 is 5.97 Å². The molecule has 2 N–H and O–H groups in total. The third kappa shape index (κ3) is 4.31. The Morgan fingerprint density at radius 1 is 1.04 bits per heavy atom. The van der Waals surface area contributed by atoms with Crippen LogP contribution < -0.4 is 5.32 Å². The highest BCUT2D eigenvalue weighted by molar-refractivity contribution is 6.05. The third-order valence-electron chi connectivity index (χ3n) is 4.21. The Morgan fingerprint density at radius 2 is 1.67 bits per heavy atom. The first-order valence-electron chi connectivity index (χ1n) is 8.45. The van der Waals surface area contributed by atoms with Gasteiger partial charge in [-0.25, -0.2) is 4.79 Å². The quantitative estimate of drug-likeness (QED) is 0.600. The van der Waals surface area contributed by atoms with Gasteiger partial charge in [-0.1, -0.05) is 12.1 Å². The molecule has 0 radical (unpaired) electrons. The molecule has 0 aliphatic heterocycles. The van der Waals surface area contributed by atoms with E-state index in [0.717, 1.165) is 0 Å². The van der Waals surface area contributed by atoms with Crippen molar-refractivity contribution in [3.63, 3.8) is 0 Å². The van der Waals surface area contributed by atoms with Crippen LogP contribution >= 0.6 is 0 Å². The van der Waals surface area contributed by atoms with Crippen molar-refractivity contribution >= 4 is 29.1 Å². The summed E-state index contributed by atoms with van der Waals surface area (Å²) in [5.74, 6) is -1.65. The average Bonchev–Trinajstić information content (AvgIpc) is 2.89. The van der Waals surface area contributed by atoms with Gasteiger partial charge in [0, 0.05) is 16.8 Å². The molecule has 0 spiro atoms. The van der Waals surface area contributed by atoms with Gasteiger partial charge in [0.15, 0.2) is 17.7 Å². The number of rotatable bonds is 6. The first-order chi connectivity index (χ1) is 12.6. The molecule has 2 aromatic rings. The Morgan fingerprint density at radius 3 is 2.22 bits per heavy atom. The van der Waals surface area contributed by atoms with Crippen molar-refractivity contribution < 1.29 is 23.9 Å². The van der Waals surface area contributed by atoms with Crippen LogP contribution in [0.15, 0.2) is 24.3 Å². The van der Waals surface area contributed by atoms with Crippen LogP contribution in [0.3, 0.4) is 0 Å². The van der Waals surface area contributed by atoms with Gasteiger partial charge in [0.1, 0.15) is 5.69 Å². The monoisotopic (exact) mass is 370 g/mol. The first-order valence-corrected chi connectivity index (χ1v) is 8.45. The third-order valence-corrected chi connectivity index (χ3v) is 4.21. The van der Waals surface area contributed by atoms with Crippen LogP contribution in [0.1, 0.15) is 63.2 Å². The lowest BCUT2D eigenvalue weighted by Gasteiger charge is -2.15. The number of carbonyl (C=O) groups is 4. The number of H-pyrrole nitrogens is 1. The Bertz CT molecular complexity index is 926. The molecule has 1 aromatic carbocycles. The molecule has 7 nitrogen and oxygen atoms in total. The van der Waals surface area contributed by atoms with Crippen LogP contribution in [-0.4, -0.2) is 34.5 Å². The highest BCUT2D eigenvalue weighted by Crippen LogP contribution is 2.20. The molecule has 0 aliphatic rings. The summed E-state index contributed by atoms with van der Waals surface area (Å²) in [4.78, 5) is 50.9. The summed E-state index contributed by atoms with van der Waals surface area (Å²) in [6.07, 6.45) is -1.10. The summed E-state index contributed by atoms with van der Waals surface area (Å²) >= 11 is 0. The number of aromatic nitrogens is 1. The number of esters is 1. The lowest BCUT2D eigenvalue weighted by Crippen LogP contribution is -2.30. The minimum absolute atomic E-state index is 0.140. The van der Waals surface area contributed by atoms with Crippen molar-refractivity contribution in [3.05, 3.63) is 52.3 Å². The lowest BCUT2D eigenvalue weighted by molar-refractivity contribution is -0.123. The van der Waals surface area contributed by atoms with E-state index < -0.39 is 18.0 Å². The number of Topliss-reactive ketones (excluding diaryl/α,β-unsaturated/α-hetero) is 2. The van der Waals surface area contributed by atoms with Gasteiger partial charge < -0.3 is 15.0 Å². The smallest absolute Gasteiger partial charge is 0.355 e. The van der Waals surface area contributed by atoms with E-state index in [-0.39, 0.29) is 17.3 Å². The van der Waals surface area contributed by atoms with Crippen LogP contribution in [0.25, 0.3) is 0 Å². The van der Waals surface area contributed by atoms with E-state index in [1.807, 2.05) is 0 Å². The summed E-state index contributed by atoms with van der Waals surface area (Å²) in [7, 11) is 0. The van der Waals surface area contributed by atoms with E-state index >= 15 is 0 Å². The normalized spacial score (nSPS) is 11.6. The number of anilines is 1. The van der Waals surface area contributed by atoms with Gasteiger partial charge in [-0.3, -0.25) is 14.4 Å². The van der Waals surface area contributed by atoms with Crippen molar-refractivity contribution in [1.29, 1.82) is 0 Å². The van der Waals surface area contributed by atoms with E-state index in [2.05, 4.69) is 10.3 Å². The first kappa shape index (κ1) is 20.1. The molecule has 1 amide bonds. The maximum absolute atomic E-state index is 12.4. The van der Waals surface area contributed by atoms with Gasteiger partial charge in [-0.05, 0) is 52.3 Å². The molecular weight excluding hydrogens is 348 g/mol. The maximum atomic E-state index is 12.4. The Kier molecular flexibility index (Phi) is 5.95. The molecule has 1 aromatic heterocycles. The fourth-order valence-corrected chi connectivity index (χ4v) is 2.89. The van der Waals surface area contributed by atoms with Gasteiger partial charge in [0.25, 0.3) is 5.91 Å². The van der Waals surface area contributed by atoms with Gasteiger partial charge in [-0.15, -0.1) is 0 Å². The molecule has 1 atom stereocenters. The number of para-hydroxylation sites is 1. The van der Waals surface area contributed by atoms with Crippen molar-refractivity contribution in [2.45, 2.75) is 40.7 Å². The van der Waals surface area contributed by atoms with Crippen LogP contribution in [0.4, 0.5) is 5.69 Å². The Balaban J connectivity index is 2.13. The van der Waals surface area contributed by atoms with Gasteiger partial charge in [0.2, 0.25) is 0 Å². The molecule has 0 saturated heterocycles. The average molecular weight is 370 g/mol. The summed E-state index contributed by atoms with van der Waals surface area (Å²) in [5.41, 5.74) is 2.35. The molecule has 1 heterocycles. The minimum Gasteiger partial charge on any atom is -0.448 e. The number of benzene rings is 1. The maximum Gasteiger partial charge on any atom is 0.355 e. The molecule has 0 fully saturated rings. The predicted molar refractivity (Wildman–Crippen MR) is 100 cm³/mol. The standard InChI is InChI=1S/C20H22N2O5/c1-10-17(13(4)24)11(2)21-18(10)20(26)27-14(5)19(25)22-16-9-7-6-8-15(16)12(3)23/h6-9,14,21H,1-5H3,(H,22,25). The summed E-state index contributed by atoms with van der Waals surface area (Å²) in [5, 5.41) is 2.60. The highest BCUT2D eigenvalue weighted by atomic mass is 16.5. The second-order valence-corrected chi connectivity index (χ2v) is 6.32. The lowest BCUT2D eigenvalue weighted by atomic mass is 10.1. The van der Waals surface area contributed by atoms with Gasteiger partial charge in [-0.2, -0.15) is 0 Å². The zero-order chi connectivity index (χ0) is 20.3. The number of nitrogens with one attached hydrogen (secondary N) is 2. The molecule has 7 heteroatoms. The van der Waals surface area contributed by atoms with E-state index in [9.17, 15) is 19.2 Å². The largest absolute Gasteiger partial charge is 0.448 e. The number of hydrogen-bond donors (Lipinski definition) is 2. The fraction of sp³-hybridized carbons (Fsp3) is 0.300. The Hall–Kier alpha value is -3.22. The van der Waals surface area contributed by atoms with Crippen molar-refractivity contribution in [2.24, 2.45) is 0 Å². The summed E-state index contributed by atoms with van der Waals surface area (Å²) in [6.45, 7) is 7.58. The van der Waals surface area contributed by atoms with Gasteiger partial charge in [0.05, 0.1) is 5.69 Å². The number of amides is 1. The molecule has 0 saturated carbocycles. The molecule has 2 rings (SSSR count). The SMILES string of the molecule is CC(=O)c1ccccc1NC(=O)C(C)OC(=O)c1[nH]c(C)c(C(C)=O)c1C. The zero-order valence-corrected chi connectivity index (χ0v) is 15.9. The molecule has 0 bridgehead atoms. The van der Waals surface area contributed by atoms with Crippen molar-refractivity contribution in [1.82, 2.24) is 4.98 Å². The molecule has 142 valence electrons. The van der Waals surface area contributed by atoms with Crippen LogP contribution in [0.5, 0.6) is 0 Å². The number of aromatic amines is 1. The van der Waals surface area contributed by atoms with Crippen LogP contribution in [0.2, 0.25) is 0 Å². The number of hydrogen-bond acceptors (Lipinski definition) is 5. The van der Waals surface area contributed by atoms with Crippen molar-refractivity contribution in [3.8, 4) is 0 Å². The van der Waals surface area contributed by atoms with E-state index in [1.165, 1.54) is 20.8 Å². The summed E-state index contributed by atoms with van der Waals surface area (Å²) in [6, 6.07) is 6.58. The topological polar surface area (TPSA) is 105 Å². The second-order valence-electron chi connectivity index (χ2n) is 6.32. The number of ether oxygens (including phenoxy) is 1. The van der Waals surface area contributed by atoms with E-state index in [1.54, 1.807) is 38.1 Å². The van der Waals surface area contributed by atoms with E-state index in [0.29, 0.717) is 28.1 Å². The highest BCUT2D eigenvalue weighted by Gasteiger charge is 2.25. The van der Waals surface area contributed by atoms with E-state index in [4.69, 9.17) is 4.74 Å². The molecule has 0 aliphatic carbocycles. The Labute approximate surface area is 157 Å². The van der Waals surface area contributed by atoms with Crippen LogP contribution in [-0.2, 0) is 9.53 Å². The molecule has 1 unspecified atom stereocenters. The van der Waals surface area contributed by atoms with Crippen molar-refractivity contribution in [2.75, 3.05) is 5.32 Å². The molecular formula is C20H22N2O5. The number of aryl methyl sites for hydroxylation is 1. The molecule has 27 heavy (non-hydrogen) atoms.